The van der Waals surface area contributed by atoms with Crippen molar-refractivity contribution in [3.63, 3.8) is 0 Å². The number of rotatable bonds is 18. The lowest BCUT2D eigenvalue weighted by Crippen LogP contribution is -2.47. The number of unbranched alkanes of at least 4 members (excludes halogenated alkanes) is 1. The molecule has 7 nitrogen and oxygen atoms in total. The summed E-state index contributed by atoms with van der Waals surface area (Å²) >= 11 is 0. The third-order valence-electron chi connectivity index (χ3n) is 7.56. The molecular weight excluding hydrogens is 468 g/mol. The summed E-state index contributed by atoms with van der Waals surface area (Å²) in [7, 11) is 3.36. The number of nitrogens with one attached hydrogen (secondary N) is 1. The summed E-state index contributed by atoms with van der Waals surface area (Å²) in [5, 5.41) is 13.7. The molecule has 1 amide bonds. The summed E-state index contributed by atoms with van der Waals surface area (Å²) in [6.07, 6.45) is 8.93. The van der Waals surface area contributed by atoms with Gasteiger partial charge in [0.05, 0.1) is 13.7 Å². The number of hydrogen-bond donors (Lipinski definition) is 2. The first kappa shape index (κ1) is 31.4. The predicted molar refractivity (Wildman–Crippen MR) is 149 cm³/mol. The van der Waals surface area contributed by atoms with Crippen LogP contribution in [0.3, 0.4) is 0 Å². The number of methoxy groups -OCH3 is 2. The number of piperidine rings is 1. The van der Waals surface area contributed by atoms with Crippen LogP contribution in [0.15, 0.2) is 18.2 Å². The monoisotopic (exact) mass is 520 g/mol. The summed E-state index contributed by atoms with van der Waals surface area (Å²) in [5.41, 5.74) is -0.0818. The first-order valence-electron chi connectivity index (χ1n) is 14.3. The van der Waals surface area contributed by atoms with Gasteiger partial charge in [-0.3, -0.25) is 4.79 Å². The standard InChI is InChI=1S/C30H52N2O5/c1-24(2)26(22-25-13-14-27(36-5)28(23-25)37-21-11-20-35-4)12-7-8-15-30(3,34)29(33)31-16-19-32-17-9-6-10-18-32/h13-14,23-24,26,34H,6-12,15-22H2,1-5H3,(H,31,33)/t26-,30+/m0/s1. The maximum atomic E-state index is 12.6. The second-order valence-electron chi connectivity index (χ2n) is 11.1. The Morgan fingerprint density at radius 3 is 2.51 bits per heavy atom. The van der Waals surface area contributed by atoms with E-state index in [1.807, 2.05) is 6.07 Å². The predicted octanol–water partition coefficient (Wildman–Crippen LogP) is 4.84. The maximum Gasteiger partial charge on any atom is 0.251 e. The van der Waals surface area contributed by atoms with E-state index >= 15 is 0 Å². The summed E-state index contributed by atoms with van der Waals surface area (Å²) in [4.78, 5) is 15.0. The van der Waals surface area contributed by atoms with Gasteiger partial charge in [-0.25, -0.2) is 0 Å². The van der Waals surface area contributed by atoms with E-state index in [9.17, 15) is 9.90 Å². The van der Waals surface area contributed by atoms with E-state index in [4.69, 9.17) is 14.2 Å². The van der Waals surface area contributed by atoms with Gasteiger partial charge in [-0.1, -0.05) is 39.2 Å². The molecule has 1 saturated heterocycles. The minimum absolute atomic E-state index is 0.249. The smallest absolute Gasteiger partial charge is 0.251 e. The highest BCUT2D eigenvalue weighted by atomic mass is 16.5. The molecule has 0 saturated carbocycles. The van der Waals surface area contributed by atoms with E-state index in [0.717, 1.165) is 63.2 Å². The number of amides is 1. The summed E-state index contributed by atoms with van der Waals surface area (Å²) < 4.78 is 16.5. The molecule has 0 unspecified atom stereocenters. The molecule has 0 aliphatic carbocycles. The van der Waals surface area contributed by atoms with Gasteiger partial charge in [0, 0.05) is 33.2 Å². The summed E-state index contributed by atoms with van der Waals surface area (Å²) in [5.74, 6) is 2.32. The molecule has 0 radical (unpaired) electrons. The van der Waals surface area contributed by atoms with Crippen molar-refractivity contribution in [3.8, 4) is 11.5 Å². The Balaban J connectivity index is 1.78. The summed E-state index contributed by atoms with van der Waals surface area (Å²) in [6.45, 7) is 11.1. The van der Waals surface area contributed by atoms with E-state index in [2.05, 4.69) is 36.2 Å². The molecule has 0 aromatic heterocycles. The molecule has 0 spiro atoms. The fourth-order valence-corrected chi connectivity index (χ4v) is 5.01. The Hall–Kier alpha value is -1.83. The average Bonchev–Trinajstić information content (AvgIpc) is 2.89. The number of carbonyl (C=O) groups is 1. The molecule has 37 heavy (non-hydrogen) atoms. The molecule has 212 valence electrons. The molecule has 1 aliphatic heterocycles. The molecule has 1 aromatic carbocycles. The highest BCUT2D eigenvalue weighted by Gasteiger charge is 2.29. The van der Waals surface area contributed by atoms with E-state index in [1.54, 1.807) is 21.1 Å². The molecule has 2 N–H and O–H groups in total. The lowest BCUT2D eigenvalue weighted by molar-refractivity contribution is -0.138. The van der Waals surface area contributed by atoms with Crippen molar-refractivity contribution < 1.29 is 24.1 Å². The molecule has 2 atom stereocenters. The van der Waals surface area contributed by atoms with Crippen molar-refractivity contribution in [2.75, 3.05) is 53.6 Å². The van der Waals surface area contributed by atoms with Gasteiger partial charge in [-0.2, -0.15) is 0 Å². The first-order chi connectivity index (χ1) is 17.8. The number of aliphatic hydroxyl groups is 1. The van der Waals surface area contributed by atoms with Gasteiger partial charge in [0.15, 0.2) is 11.5 Å². The van der Waals surface area contributed by atoms with Crippen LogP contribution in [0.25, 0.3) is 0 Å². The van der Waals surface area contributed by atoms with Gasteiger partial charge in [0.1, 0.15) is 5.60 Å². The van der Waals surface area contributed by atoms with Crippen LogP contribution in [0.1, 0.15) is 77.7 Å². The van der Waals surface area contributed by atoms with Crippen LogP contribution >= 0.6 is 0 Å². The highest BCUT2D eigenvalue weighted by Crippen LogP contribution is 2.31. The van der Waals surface area contributed by atoms with E-state index in [1.165, 1.54) is 24.8 Å². The fourth-order valence-electron chi connectivity index (χ4n) is 5.01. The Morgan fingerprint density at radius 1 is 1.08 bits per heavy atom. The van der Waals surface area contributed by atoms with Gasteiger partial charge in [0.25, 0.3) is 5.91 Å². The first-order valence-corrected chi connectivity index (χ1v) is 14.3. The van der Waals surface area contributed by atoms with Crippen molar-refractivity contribution in [1.82, 2.24) is 10.2 Å². The van der Waals surface area contributed by atoms with Crippen LogP contribution in [0.4, 0.5) is 0 Å². The van der Waals surface area contributed by atoms with Crippen LogP contribution in [0.5, 0.6) is 11.5 Å². The SMILES string of the molecule is COCCCOc1cc(C[C@H](CCCC[C@@](C)(O)C(=O)NCCN2CCCCC2)C(C)C)ccc1OC. The lowest BCUT2D eigenvalue weighted by atomic mass is 9.84. The van der Waals surface area contributed by atoms with Gasteiger partial charge in [-0.05, 0) is 81.6 Å². The summed E-state index contributed by atoms with van der Waals surface area (Å²) in [6, 6.07) is 6.20. The minimum Gasteiger partial charge on any atom is -0.493 e. The quantitative estimate of drug-likeness (QED) is 0.270. The Morgan fingerprint density at radius 2 is 1.84 bits per heavy atom. The number of likely N-dealkylation sites (tertiary alicyclic amines) is 1. The van der Waals surface area contributed by atoms with Crippen LogP contribution < -0.4 is 14.8 Å². The molecule has 1 aromatic rings. The molecule has 7 heteroatoms. The van der Waals surface area contributed by atoms with Crippen LogP contribution in [-0.2, 0) is 16.0 Å². The van der Waals surface area contributed by atoms with Crippen LogP contribution in [0.2, 0.25) is 0 Å². The fraction of sp³-hybridized carbons (Fsp3) is 0.767. The molecule has 1 fully saturated rings. The Kier molecular flexibility index (Phi) is 14.3. The highest BCUT2D eigenvalue weighted by molar-refractivity contribution is 5.84. The molecule has 2 rings (SSSR count). The molecule has 0 bridgehead atoms. The van der Waals surface area contributed by atoms with Crippen molar-refractivity contribution in [2.45, 2.75) is 84.2 Å². The third-order valence-corrected chi connectivity index (χ3v) is 7.56. The zero-order chi connectivity index (χ0) is 27.1. The number of carbonyl (C=O) groups excluding carboxylic acids is 1. The Labute approximate surface area is 225 Å². The zero-order valence-electron chi connectivity index (χ0n) is 24.0. The largest absolute Gasteiger partial charge is 0.493 e. The van der Waals surface area contributed by atoms with E-state index in [-0.39, 0.29) is 5.91 Å². The second-order valence-corrected chi connectivity index (χ2v) is 11.1. The zero-order valence-corrected chi connectivity index (χ0v) is 24.0. The van der Waals surface area contributed by atoms with Crippen molar-refractivity contribution >= 4 is 5.91 Å². The average molecular weight is 521 g/mol. The van der Waals surface area contributed by atoms with E-state index < -0.39 is 5.60 Å². The molecule has 1 aliphatic rings. The van der Waals surface area contributed by atoms with Crippen molar-refractivity contribution in [3.05, 3.63) is 23.8 Å². The number of benzene rings is 1. The lowest BCUT2D eigenvalue weighted by Gasteiger charge is -2.28. The molecular formula is C30H52N2O5. The normalized spacial score (nSPS) is 16.8. The van der Waals surface area contributed by atoms with Crippen molar-refractivity contribution in [2.24, 2.45) is 11.8 Å². The maximum absolute atomic E-state index is 12.6. The minimum atomic E-state index is -1.32. The number of ether oxygens (including phenoxy) is 3. The second kappa shape index (κ2) is 16.9. The number of hydrogen-bond acceptors (Lipinski definition) is 6. The van der Waals surface area contributed by atoms with Gasteiger partial charge < -0.3 is 29.5 Å². The Bertz CT molecular complexity index is 777. The molecule has 1 heterocycles. The van der Waals surface area contributed by atoms with Crippen LogP contribution in [0, 0.1) is 11.8 Å². The third kappa shape index (κ3) is 11.6. The van der Waals surface area contributed by atoms with Gasteiger partial charge >= 0.3 is 0 Å². The van der Waals surface area contributed by atoms with Gasteiger partial charge in [-0.15, -0.1) is 0 Å². The van der Waals surface area contributed by atoms with E-state index in [0.29, 0.717) is 38.0 Å². The van der Waals surface area contributed by atoms with Crippen LogP contribution in [-0.4, -0.2) is 75.1 Å². The number of nitrogens with zero attached hydrogens (tertiary/aromatic N) is 1. The van der Waals surface area contributed by atoms with Gasteiger partial charge in [0.2, 0.25) is 0 Å². The topological polar surface area (TPSA) is 80.3 Å². The van der Waals surface area contributed by atoms with Crippen molar-refractivity contribution in [1.29, 1.82) is 0 Å².